The quantitative estimate of drug-likeness (QED) is 0.520. The highest BCUT2D eigenvalue weighted by Crippen LogP contribution is 2.21. The smallest absolute Gasteiger partial charge is 0.241 e. The van der Waals surface area contributed by atoms with Crippen LogP contribution >= 0.6 is 0 Å². The van der Waals surface area contributed by atoms with E-state index in [0.29, 0.717) is 12.3 Å². The van der Waals surface area contributed by atoms with Crippen LogP contribution in [0.25, 0.3) is 0 Å². The summed E-state index contributed by atoms with van der Waals surface area (Å²) in [5, 5.41) is 2.87. The highest BCUT2D eigenvalue weighted by Gasteiger charge is 2.25. The molecule has 0 radical (unpaired) electrons. The Hall–Kier alpha value is -2.12. The van der Waals surface area contributed by atoms with Crippen molar-refractivity contribution in [3.8, 4) is 0 Å². The van der Waals surface area contributed by atoms with Crippen LogP contribution in [0.2, 0.25) is 0 Å². The van der Waals surface area contributed by atoms with Gasteiger partial charge in [0.15, 0.2) is 0 Å². The predicted molar refractivity (Wildman–Crippen MR) is 109 cm³/mol. The number of amides is 1. The first-order chi connectivity index (χ1) is 13.4. The molecule has 0 aliphatic heterocycles. The molecule has 0 aliphatic rings. The summed E-state index contributed by atoms with van der Waals surface area (Å²) in [7, 11) is -3.77. The second-order valence-corrected chi connectivity index (χ2v) is 8.68. The normalized spacial score (nSPS) is 12.6. The van der Waals surface area contributed by atoms with Gasteiger partial charge in [-0.15, -0.1) is 0 Å². The molecule has 6 nitrogen and oxygen atoms in total. The summed E-state index contributed by atoms with van der Waals surface area (Å²) < 4.78 is 33.4. The largest absolute Gasteiger partial charge is 0.468 e. The average Bonchev–Trinajstić information content (AvgIpc) is 3.19. The summed E-state index contributed by atoms with van der Waals surface area (Å²) in [6.45, 7) is 4.65. The van der Waals surface area contributed by atoms with Gasteiger partial charge >= 0.3 is 0 Å². The number of hydrogen-bond donors (Lipinski definition) is 2. The van der Waals surface area contributed by atoms with Crippen molar-refractivity contribution < 1.29 is 17.6 Å². The fourth-order valence-corrected chi connectivity index (χ4v) is 4.08. The maximum atomic E-state index is 12.7. The molecule has 2 rings (SSSR count). The van der Waals surface area contributed by atoms with E-state index in [1.807, 2.05) is 6.92 Å². The number of furan rings is 1. The van der Waals surface area contributed by atoms with E-state index in [2.05, 4.69) is 17.0 Å². The second kappa shape index (κ2) is 11.0. The zero-order chi connectivity index (χ0) is 20.4. The highest BCUT2D eigenvalue weighted by atomic mass is 32.2. The molecule has 0 unspecified atom stereocenters. The SMILES string of the molecule is CCCCCCCNC(=O)C[C@@H](NS(=O)(=O)c1ccc(C)cc1)c1ccco1. The van der Waals surface area contributed by atoms with Crippen molar-refractivity contribution in [2.24, 2.45) is 0 Å². The van der Waals surface area contributed by atoms with Crippen molar-refractivity contribution in [3.63, 3.8) is 0 Å². The lowest BCUT2D eigenvalue weighted by Gasteiger charge is -2.17. The number of nitrogens with one attached hydrogen (secondary N) is 2. The number of hydrogen-bond acceptors (Lipinski definition) is 4. The van der Waals surface area contributed by atoms with E-state index in [1.54, 1.807) is 36.4 Å². The first-order valence-corrected chi connectivity index (χ1v) is 11.3. The van der Waals surface area contributed by atoms with Gasteiger partial charge in [0.2, 0.25) is 15.9 Å². The molecule has 0 saturated heterocycles. The second-order valence-electron chi connectivity index (χ2n) is 6.97. The topological polar surface area (TPSA) is 88.4 Å². The van der Waals surface area contributed by atoms with Gasteiger partial charge in [-0.05, 0) is 37.6 Å². The number of benzene rings is 1. The van der Waals surface area contributed by atoms with Crippen molar-refractivity contribution >= 4 is 15.9 Å². The van der Waals surface area contributed by atoms with E-state index < -0.39 is 16.1 Å². The minimum atomic E-state index is -3.77. The van der Waals surface area contributed by atoms with E-state index in [0.717, 1.165) is 24.8 Å². The zero-order valence-electron chi connectivity index (χ0n) is 16.6. The number of aryl methyl sites for hydroxylation is 1. The highest BCUT2D eigenvalue weighted by molar-refractivity contribution is 7.89. The van der Waals surface area contributed by atoms with Crippen LogP contribution in [0.15, 0.2) is 52.0 Å². The Morgan fingerprint density at radius 3 is 2.43 bits per heavy atom. The molecule has 154 valence electrons. The van der Waals surface area contributed by atoms with Crippen LogP contribution in [0.5, 0.6) is 0 Å². The lowest BCUT2D eigenvalue weighted by atomic mass is 10.1. The van der Waals surface area contributed by atoms with Gasteiger partial charge in [-0.1, -0.05) is 50.3 Å². The molecule has 1 amide bonds. The molecule has 0 fully saturated rings. The van der Waals surface area contributed by atoms with Gasteiger partial charge in [-0.3, -0.25) is 4.79 Å². The zero-order valence-corrected chi connectivity index (χ0v) is 17.4. The maximum Gasteiger partial charge on any atom is 0.241 e. The third-order valence-electron chi connectivity index (χ3n) is 4.51. The molecule has 2 N–H and O–H groups in total. The van der Waals surface area contributed by atoms with Crippen LogP contribution < -0.4 is 10.0 Å². The Kier molecular flexibility index (Phi) is 8.73. The summed E-state index contributed by atoms with van der Waals surface area (Å²) in [6, 6.07) is 9.15. The molecule has 0 spiro atoms. The Morgan fingerprint density at radius 1 is 1.07 bits per heavy atom. The van der Waals surface area contributed by atoms with E-state index >= 15 is 0 Å². The lowest BCUT2D eigenvalue weighted by Crippen LogP contribution is -2.34. The van der Waals surface area contributed by atoms with Gasteiger partial charge in [-0.2, -0.15) is 4.72 Å². The molecule has 1 heterocycles. The van der Waals surface area contributed by atoms with Gasteiger partial charge in [0.05, 0.1) is 23.6 Å². The molecule has 0 saturated carbocycles. The van der Waals surface area contributed by atoms with Crippen molar-refractivity contribution in [2.45, 2.75) is 63.3 Å². The minimum Gasteiger partial charge on any atom is -0.468 e. The van der Waals surface area contributed by atoms with Crippen molar-refractivity contribution in [2.75, 3.05) is 6.54 Å². The van der Waals surface area contributed by atoms with E-state index in [9.17, 15) is 13.2 Å². The first-order valence-electron chi connectivity index (χ1n) is 9.81. The van der Waals surface area contributed by atoms with E-state index in [4.69, 9.17) is 4.42 Å². The third-order valence-corrected chi connectivity index (χ3v) is 5.99. The van der Waals surface area contributed by atoms with E-state index in [1.165, 1.54) is 19.1 Å². The third kappa shape index (κ3) is 7.13. The molecule has 0 bridgehead atoms. The molecule has 7 heteroatoms. The van der Waals surface area contributed by atoms with Crippen molar-refractivity contribution in [3.05, 3.63) is 54.0 Å². The molecule has 1 aromatic heterocycles. The van der Waals surface area contributed by atoms with Crippen LogP contribution in [0.3, 0.4) is 0 Å². The van der Waals surface area contributed by atoms with Crippen LogP contribution in [0.4, 0.5) is 0 Å². The van der Waals surface area contributed by atoms with Crippen LogP contribution in [-0.2, 0) is 14.8 Å². The fourth-order valence-electron chi connectivity index (χ4n) is 2.88. The molecule has 1 aromatic carbocycles. The summed E-state index contributed by atoms with van der Waals surface area (Å²) >= 11 is 0. The number of sulfonamides is 1. The fraction of sp³-hybridized carbons (Fsp3) is 0.476. The maximum absolute atomic E-state index is 12.7. The van der Waals surface area contributed by atoms with Gasteiger partial charge in [-0.25, -0.2) is 8.42 Å². The Balaban J connectivity index is 1.97. The van der Waals surface area contributed by atoms with Gasteiger partial charge < -0.3 is 9.73 Å². The molecule has 0 aliphatic carbocycles. The van der Waals surface area contributed by atoms with Crippen LogP contribution in [0, 0.1) is 6.92 Å². The average molecular weight is 407 g/mol. The molecular formula is C21H30N2O4S. The van der Waals surface area contributed by atoms with Gasteiger partial charge in [0.1, 0.15) is 5.76 Å². The Bertz CT molecular complexity index is 815. The van der Waals surface area contributed by atoms with Gasteiger partial charge in [0, 0.05) is 6.54 Å². The number of carbonyl (C=O) groups excluding carboxylic acids is 1. The Labute approximate surface area is 167 Å². The molecule has 28 heavy (non-hydrogen) atoms. The molecule has 2 aromatic rings. The predicted octanol–water partition coefficient (Wildman–Crippen LogP) is 4.08. The summed E-state index contributed by atoms with van der Waals surface area (Å²) in [5.41, 5.74) is 0.972. The van der Waals surface area contributed by atoms with Crippen LogP contribution in [0.1, 0.15) is 62.8 Å². The lowest BCUT2D eigenvalue weighted by molar-refractivity contribution is -0.121. The van der Waals surface area contributed by atoms with E-state index in [-0.39, 0.29) is 17.2 Å². The summed E-state index contributed by atoms with van der Waals surface area (Å²) in [6.07, 6.45) is 7.00. The van der Waals surface area contributed by atoms with Gasteiger partial charge in [0.25, 0.3) is 0 Å². The van der Waals surface area contributed by atoms with Crippen molar-refractivity contribution in [1.29, 1.82) is 0 Å². The first kappa shape index (κ1) is 22.2. The number of carbonyl (C=O) groups is 1. The van der Waals surface area contributed by atoms with Crippen LogP contribution in [-0.4, -0.2) is 20.9 Å². The standard InChI is InChI=1S/C21H30N2O4S/c1-3-4-5-6-7-14-22-21(24)16-19(20-9-8-15-27-20)23-28(25,26)18-12-10-17(2)11-13-18/h8-13,15,19,23H,3-7,14,16H2,1-2H3,(H,22,24)/t19-/m1/s1. The number of rotatable bonds is 12. The molecular weight excluding hydrogens is 376 g/mol. The minimum absolute atomic E-state index is 0.0203. The number of unbranched alkanes of at least 4 members (excludes halogenated alkanes) is 4. The Morgan fingerprint density at radius 2 is 1.79 bits per heavy atom. The van der Waals surface area contributed by atoms with Crippen molar-refractivity contribution in [1.82, 2.24) is 10.0 Å². The summed E-state index contributed by atoms with van der Waals surface area (Å²) in [5.74, 6) is 0.206. The molecule has 1 atom stereocenters. The summed E-state index contributed by atoms with van der Waals surface area (Å²) in [4.78, 5) is 12.5. The monoisotopic (exact) mass is 406 g/mol.